The van der Waals surface area contributed by atoms with Crippen LogP contribution in [-0.2, 0) is 4.74 Å². The molecule has 0 heterocycles. The van der Waals surface area contributed by atoms with Gasteiger partial charge in [0.15, 0.2) is 0 Å². The van der Waals surface area contributed by atoms with Gasteiger partial charge in [0.25, 0.3) is 0 Å². The summed E-state index contributed by atoms with van der Waals surface area (Å²) in [7, 11) is 1.85. The molecule has 0 radical (unpaired) electrons. The lowest BCUT2D eigenvalue weighted by atomic mass is 10.1. The summed E-state index contributed by atoms with van der Waals surface area (Å²) >= 11 is 0. The van der Waals surface area contributed by atoms with E-state index in [-0.39, 0.29) is 0 Å². The number of hydrogen-bond acceptors (Lipinski definition) is 2. The molecule has 2 fully saturated rings. The first kappa shape index (κ1) is 9.47. The Morgan fingerprint density at radius 2 is 1.77 bits per heavy atom. The lowest BCUT2D eigenvalue weighted by Gasteiger charge is -2.23. The van der Waals surface area contributed by atoms with Gasteiger partial charge in [-0.1, -0.05) is 12.8 Å². The predicted octanol–water partition coefficient (Wildman–Crippen LogP) is 2.09. The van der Waals surface area contributed by atoms with Gasteiger partial charge in [0.1, 0.15) is 0 Å². The Hall–Kier alpha value is -0.0800. The molecule has 0 aromatic carbocycles. The summed E-state index contributed by atoms with van der Waals surface area (Å²) in [6.45, 7) is 0. The summed E-state index contributed by atoms with van der Waals surface area (Å²) in [5, 5.41) is 3.75. The average Bonchev–Trinajstić information content (AvgIpc) is 2.76. The van der Waals surface area contributed by atoms with Crippen molar-refractivity contribution in [1.82, 2.24) is 5.32 Å². The van der Waals surface area contributed by atoms with Crippen molar-refractivity contribution in [2.24, 2.45) is 0 Å². The minimum Gasteiger partial charge on any atom is -0.380 e. The van der Waals surface area contributed by atoms with E-state index >= 15 is 0 Å². The summed E-state index contributed by atoms with van der Waals surface area (Å²) in [4.78, 5) is 0. The van der Waals surface area contributed by atoms with Crippen LogP contribution in [0.5, 0.6) is 0 Å². The van der Waals surface area contributed by atoms with Gasteiger partial charge >= 0.3 is 0 Å². The third-order valence-corrected chi connectivity index (χ3v) is 3.56. The van der Waals surface area contributed by atoms with Crippen molar-refractivity contribution in [3.63, 3.8) is 0 Å². The highest BCUT2D eigenvalue weighted by Crippen LogP contribution is 2.25. The van der Waals surface area contributed by atoms with Gasteiger partial charge < -0.3 is 10.1 Å². The van der Waals surface area contributed by atoms with Crippen LogP contribution in [0.4, 0.5) is 0 Å². The molecule has 2 aliphatic rings. The lowest BCUT2D eigenvalue weighted by molar-refractivity contribution is 0.0815. The number of ether oxygens (including phenoxy) is 1. The number of hydrogen-bond donors (Lipinski definition) is 1. The van der Waals surface area contributed by atoms with E-state index in [1.165, 1.54) is 44.9 Å². The molecule has 0 aliphatic heterocycles. The number of rotatable bonds is 3. The number of nitrogens with one attached hydrogen (secondary N) is 1. The molecule has 0 aromatic heterocycles. The van der Waals surface area contributed by atoms with Crippen LogP contribution in [0.2, 0.25) is 0 Å². The van der Waals surface area contributed by atoms with Gasteiger partial charge in [-0.15, -0.1) is 0 Å². The van der Waals surface area contributed by atoms with Crippen LogP contribution >= 0.6 is 0 Å². The summed E-state index contributed by atoms with van der Waals surface area (Å²) < 4.78 is 5.47. The Morgan fingerprint density at radius 3 is 2.46 bits per heavy atom. The Morgan fingerprint density at radius 1 is 1.00 bits per heavy atom. The molecule has 2 unspecified atom stereocenters. The third kappa shape index (κ3) is 2.23. The Kier molecular flexibility index (Phi) is 3.23. The van der Waals surface area contributed by atoms with Crippen molar-refractivity contribution < 1.29 is 4.74 Å². The van der Waals surface area contributed by atoms with Crippen LogP contribution < -0.4 is 5.32 Å². The van der Waals surface area contributed by atoms with Gasteiger partial charge in [0.2, 0.25) is 0 Å². The summed E-state index contributed by atoms with van der Waals surface area (Å²) in [5.74, 6) is 0. The second-order valence-corrected chi connectivity index (χ2v) is 4.46. The molecule has 2 nitrogen and oxygen atoms in total. The summed E-state index contributed by atoms with van der Waals surface area (Å²) in [5.41, 5.74) is 0. The Bertz CT molecular complexity index is 154. The molecule has 76 valence electrons. The Balaban J connectivity index is 1.79. The third-order valence-electron chi connectivity index (χ3n) is 3.56. The van der Waals surface area contributed by atoms with Gasteiger partial charge in [0.05, 0.1) is 6.10 Å². The highest BCUT2D eigenvalue weighted by Gasteiger charge is 2.29. The van der Waals surface area contributed by atoms with E-state index in [2.05, 4.69) is 5.32 Å². The normalized spacial score (nSPS) is 35.8. The van der Waals surface area contributed by atoms with Crippen LogP contribution in [0, 0.1) is 0 Å². The minimum absolute atomic E-state index is 0.487. The minimum atomic E-state index is 0.487. The smallest absolute Gasteiger partial charge is 0.0724 e. The summed E-state index contributed by atoms with van der Waals surface area (Å²) in [6.07, 6.45) is 9.99. The van der Waals surface area contributed by atoms with Gasteiger partial charge in [0, 0.05) is 19.2 Å². The van der Waals surface area contributed by atoms with E-state index in [4.69, 9.17) is 4.74 Å². The molecular weight excluding hydrogens is 162 g/mol. The van der Waals surface area contributed by atoms with Gasteiger partial charge in [-0.2, -0.15) is 0 Å². The van der Waals surface area contributed by atoms with Crippen LogP contribution in [0.15, 0.2) is 0 Å². The summed E-state index contributed by atoms with van der Waals surface area (Å²) in [6, 6.07) is 1.44. The van der Waals surface area contributed by atoms with E-state index in [0.29, 0.717) is 12.1 Å². The van der Waals surface area contributed by atoms with E-state index in [0.717, 1.165) is 6.04 Å². The first-order valence-electron chi connectivity index (χ1n) is 5.69. The molecule has 2 aliphatic carbocycles. The topological polar surface area (TPSA) is 21.3 Å². The predicted molar refractivity (Wildman–Crippen MR) is 53.8 cm³/mol. The zero-order valence-electron chi connectivity index (χ0n) is 8.59. The fraction of sp³-hybridized carbons (Fsp3) is 1.00. The van der Waals surface area contributed by atoms with Crippen molar-refractivity contribution >= 4 is 0 Å². The van der Waals surface area contributed by atoms with Crippen LogP contribution in [0.1, 0.15) is 44.9 Å². The lowest BCUT2D eigenvalue weighted by Crippen LogP contribution is -2.42. The van der Waals surface area contributed by atoms with E-state index < -0.39 is 0 Å². The number of methoxy groups -OCH3 is 1. The quantitative estimate of drug-likeness (QED) is 0.723. The van der Waals surface area contributed by atoms with Crippen molar-refractivity contribution in [2.45, 2.75) is 63.1 Å². The van der Waals surface area contributed by atoms with Gasteiger partial charge in [-0.3, -0.25) is 0 Å². The zero-order valence-corrected chi connectivity index (χ0v) is 8.59. The molecule has 2 heteroatoms. The molecule has 0 aromatic rings. The Labute approximate surface area is 81.0 Å². The molecule has 2 rings (SSSR count). The van der Waals surface area contributed by atoms with Crippen molar-refractivity contribution in [2.75, 3.05) is 7.11 Å². The van der Waals surface area contributed by atoms with Gasteiger partial charge in [-0.25, -0.2) is 0 Å². The molecular formula is C11H21NO. The maximum Gasteiger partial charge on any atom is 0.0724 e. The second-order valence-electron chi connectivity index (χ2n) is 4.46. The molecule has 0 saturated heterocycles. The van der Waals surface area contributed by atoms with E-state index in [1.807, 2.05) is 7.11 Å². The maximum atomic E-state index is 5.47. The second kappa shape index (κ2) is 4.43. The fourth-order valence-electron chi connectivity index (χ4n) is 2.79. The first-order chi connectivity index (χ1) is 6.40. The van der Waals surface area contributed by atoms with Crippen LogP contribution in [0.3, 0.4) is 0 Å². The molecule has 0 amide bonds. The standard InChI is InChI=1S/C11H21NO/c1-13-11-8-4-7-10(11)12-9-5-2-3-6-9/h9-12H,2-8H2,1H3. The van der Waals surface area contributed by atoms with Crippen LogP contribution in [0.25, 0.3) is 0 Å². The molecule has 2 atom stereocenters. The average molecular weight is 183 g/mol. The molecule has 0 spiro atoms. The zero-order chi connectivity index (χ0) is 9.10. The highest BCUT2D eigenvalue weighted by atomic mass is 16.5. The SMILES string of the molecule is COC1CCCC1NC1CCCC1. The molecule has 1 N–H and O–H groups in total. The highest BCUT2D eigenvalue weighted by molar-refractivity contribution is 4.87. The monoisotopic (exact) mass is 183 g/mol. The van der Waals surface area contributed by atoms with E-state index in [9.17, 15) is 0 Å². The van der Waals surface area contributed by atoms with E-state index in [1.54, 1.807) is 0 Å². The molecule has 13 heavy (non-hydrogen) atoms. The van der Waals surface area contributed by atoms with Crippen molar-refractivity contribution in [3.05, 3.63) is 0 Å². The maximum absolute atomic E-state index is 5.47. The van der Waals surface area contributed by atoms with Gasteiger partial charge in [-0.05, 0) is 32.1 Å². The first-order valence-corrected chi connectivity index (χ1v) is 5.69. The molecule has 0 bridgehead atoms. The molecule has 2 saturated carbocycles. The fourth-order valence-corrected chi connectivity index (χ4v) is 2.79. The van der Waals surface area contributed by atoms with Crippen LogP contribution in [-0.4, -0.2) is 25.3 Å². The largest absolute Gasteiger partial charge is 0.380 e. The van der Waals surface area contributed by atoms with Crippen molar-refractivity contribution in [1.29, 1.82) is 0 Å². The van der Waals surface area contributed by atoms with Crippen molar-refractivity contribution in [3.8, 4) is 0 Å².